The van der Waals surface area contributed by atoms with Crippen LogP contribution in [0.4, 0.5) is 0 Å². The van der Waals surface area contributed by atoms with Crippen LogP contribution in [0.3, 0.4) is 0 Å². The molecule has 0 spiro atoms. The zero-order valence-corrected chi connectivity index (χ0v) is 16.0. The fourth-order valence-electron chi connectivity index (χ4n) is 3.14. The molecule has 0 aliphatic heterocycles. The van der Waals surface area contributed by atoms with Gasteiger partial charge in [-0.25, -0.2) is 0 Å². The quantitative estimate of drug-likeness (QED) is 0.605. The lowest BCUT2D eigenvalue weighted by Gasteiger charge is -2.38. The maximum absolute atomic E-state index is 12.8. The molecule has 1 aliphatic rings. The molecule has 2 atom stereocenters. The maximum atomic E-state index is 12.8. The average molecular weight is 362 g/mol. The van der Waals surface area contributed by atoms with Crippen molar-refractivity contribution in [1.82, 2.24) is 0 Å². The average Bonchev–Trinajstić information content (AvgIpc) is 2.62. The number of rotatable bonds is 4. The molecule has 0 heterocycles. The summed E-state index contributed by atoms with van der Waals surface area (Å²) in [5, 5.41) is 0. The summed E-state index contributed by atoms with van der Waals surface area (Å²) in [4.78, 5) is 37.7. The zero-order valence-electron chi connectivity index (χ0n) is 16.0. The van der Waals surface area contributed by atoms with E-state index in [-0.39, 0.29) is 24.6 Å². The minimum Gasteiger partial charge on any atom is -0.497 e. The molecular formula is C20H26O6. The van der Waals surface area contributed by atoms with E-state index in [0.717, 1.165) is 0 Å². The number of hydrogen-bond donors (Lipinski definition) is 0. The molecule has 6 heteroatoms. The molecule has 0 saturated heterocycles. The van der Waals surface area contributed by atoms with Gasteiger partial charge in [0, 0.05) is 12.8 Å². The number of carbonyl (C=O) groups is 3. The Balaban J connectivity index is 2.39. The summed E-state index contributed by atoms with van der Waals surface area (Å²) in [5.41, 5.74) is -1.61. The number of hydrogen-bond acceptors (Lipinski definition) is 6. The zero-order chi connectivity index (χ0) is 19.5. The van der Waals surface area contributed by atoms with Crippen molar-refractivity contribution in [1.29, 1.82) is 0 Å². The van der Waals surface area contributed by atoms with Crippen LogP contribution in [0, 0.1) is 5.41 Å². The lowest BCUT2D eigenvalue weighted by atomic mass is 9.67. The molecule has 0 N–H and O–H groups in total. The third kappa shape index (κ3) is 3.74. The van der Waals surface area contributed by atoms with Crippen LogP contribution in [0.1, 0.15) is 45.6 Å². The predicted octanol–water partition coefficient (Wildman–Crippen LogP) is 2.82. The van der Waals surface area contributed by atoms with E-state index in [9.17, 15) is 14.4 Å². The summed E-state index contributed by atoms with van der Waals surface area (Å²) in [6.07, 6.45) is 0.0893. The van der Waals surface area contributed by atoms with Gasteiger partial charge < -0.3 is 14.2 Å². The molecule has 2 rings (SSSR count). The van der Waals surface area contributed by atoms with Crippen LogP contribution < -0.4 is 4.74 Å². The Labute approximate surface area is 153 Å². The van der Waals surface area contributed by atoms with Crippen LogP contribution >= 0.6 is 0 Å². The summed E-state index contributed by atoms with van der Waals surface area (Å²) in [5.74, 6) is -0.597. The fraction of sp³-hybridized carbons (Fsp3) is 0.550. The number of carbonyl (C=O) groups excluding carboxylic acids is 3. The molecule has 1 aliphatic carbocycles. The Kier molecular flexibility index (Phi) is 5.74. The molecule has 142 valence electrons. The second kappa shape index (κ2) is 7.48. The predicted molar refractivity (Wildman–Crippen MR) is 94.9 cm³/mol. The number of ketones is 1. The highest BCUT2D eigenvalue weighted by Crippen LogP contribution is 2.40. The molecule has 0 radical (unpaired) electrons. The van der Waals surface area contributed by atoms with E-state index in [1.54, 1.807) is 52.1 Å². The summed E-state index contributed by atoms with van der Waals surface area (Å²) in [6, 6.07) is 6.75. The van der Waals surface area contributed by atoms with Crippen molar-refractivity contribution in [3.8, 4) is 5.75 Å². The van der Waals surface area contributed by atoms with Crippen molar-refractivity contribution < 1.29 is 28.6 Å². The van der Waals surface area contributed by atoms with Gasteiger partial charge in [0.15, 0.2) is 11.2 Å². The Morgan fingerprint density at radius 2 is 1.73 bits per heavy atom. The topological polar surface area (TPSA) is 78.9 Å². The van der Waals surface area contributed by atoms with Gasteiger partial charge in [-0.3, -0.25) is 14.4 Å². The first-order chi connectivity index (χ1) is 12.1. The molecule has 0 amide bonds. The smallest absolute Gasteiger partial charge is 0.324 e. The number of Topliss-reactive ketones (excluding diaryl/α,β-unsaturated/α-hetero) is 1. The first kappa shape index (κ1) is 19.9. The highest BCUT2D eigenvalue weighted by molar-refractivity contribution is 6.10. The van der Waals surface area contributed by atoms with Gasteiger partial charge in [-0.05, 0) is 44.9 Å². The van der Waals surface area contributed by atoms with Crippen LogP contribution in [0.15, 0.2) is 24.3 Å². The molecule has 26 heavy (non-hydrogen) atoms. The molecule has 1 fully saturated rings. The van der Waals surface area contributed by atoms with Gasteiger partial charge >= 0.3 is 11.9 Å². The molecule has 1 aromatic carbocycles. The Bertz CT molecular complexity index is 675. The van der Waals surface area contributed by atoms with Gasteiger partial charge in [0.05, 0.1) is 19.6 Å². The molecule has 0 bridgehead atoms. The van der Waals surface area contributed by atoms with Crippen molar-refractivity contribution in [2.75, 3.05) is 14.2 Å². The minimum atomic E-state index is -1.47. The van der Waals surface area contributed by atoms with Crippen molar-refractivity contribution in [3.63, 3.8) is 0 Å². The Hall–Kier alpha value is -2.37. The van der Waals surface area contributed by atoms with Gasteiger partial charge in [-0.15, -0.1) is 0 Å². The first-order valence-corrected chi connectivity index (χ1v) is 8.62. The van der Waals surface area contributed by atoms with Crippen LogP contribution in [0.2, 0.25) is 0 Å². The van der Waals surface area contributed by atoms with E-state index in [1.807, 2.05) is 0 Å². The first-order valence-electron chi connectivity index (χ1n) is 8.62. The summed E-state index contributed by atoms with van der Waals surface area (Å²) >= 11 is 0. The third-order valence-electron chi connectivity index (χ3n) is 4.71. The second-order valence-corrected chi connectivity index (χ2v) is 7.57. The highest BCUT2D eigenvalue weighted by Gasteiger charge is 2.53. The molecular weight excluding hydrogens is 336 g/mol. The van der Waals surface area contributed by atoms with Crippen LogP contribution in [-0.4, -0.2) is 38.0 Å². The lowest BCUT2D eigenvalue weighted by Crippen LogP contribution is -2.51. The van der Waals surface area contributed by atoms with Gasteiger partial charge in [-0.2, -0.15) is 0 Å². The second-order valence-electron chi connectivity index (χ2n) is 7.57. The summed E-state index contributed by atoms with van der Waals surface area (Å²) < 4.78 is 15.7. The number of esters is 2. The standard InChI is InChI=1S/C20H26O6/c1-19(2,3)17(22)26-15-10-11-16(21)20(12-15,18(23)25-5)13-6-8-14(24-4)9-7-13/h6-9,15H,10-12H2,1-5H3/t15-,20+/m0/s1. The van der Waals surface area contributed by atoms with E-state index >= 15 is 0 Å². The molecule has 0 aromatic heterocycles. The van der Waals surface area contributed by atoms with Crippen LogP contribution in [0.25, 0.3) is 0 Å². The maximum Gasteiger partial charge on any atom is 0.324 e. The SMILES string of the molecule is COC(=O)[C@@]1(c2ccc(OC)cc2)C[C@@H](OC(=O)C(C)(C)C)CCC1=O. The lowest BCUT2D eigenvalue weighted by molar-refractivity contribution is -0.168. The molecule has 6 nitrogen and oxygen atoms in total. The largest absolute Gasteiger partial charge is 0.497 e. The minimum absolute atomic E-state index is 0.0760. The molecule has 1 saturated carbocycles. The van der Waals surface area contributed by atoms with Gasteiger partial charge in [0.25, 0.3) is 0 Å². The Morgan fingerprint density at radius 3 is 2.23 bits per heavy atom. The van der Waals surface area contributed by atoms with E-state index in [0.29, 0.717) is 17.7 Å². The molecule has 0 unspecified atom stereocenters. The van der Waals surface area contributed by atoms with Crippen LogP contribution in [0.5, 0.6) is 5.75 Å². The fourth-order valence-corrected chi connectivity index (χ4v) is 3.14. The number of ether oxygens (including phenoxy) is 3. The highest BCUT2D eigenvalue weighted by atomic mass is 16.5. The Morgan fingerprint density at radius 1 is 1.12 bits per heavy atom. The normalized spacial score (nSPS) is 23.3. The third-order valence-corrected chi connectivity index (χ3v) is 4.71. The molecule has 1 aromatic rings. The monoisotopic (exact) mass is 362 g/mol. The van der Waals surface area contributed by atoms with Crippen LogP contribution in [-0.2, 0) is 29.3 Å². The van der Waals surface area contributed by atoms with Crippen molar-refractivity contribution in [3.05, 3.63) is 29.8 Å². The van der Waals surface area contributed by atoms with Gasteiger partial charge in [-0.1, -0.05) is 12.1 Å². The summed E-state index contributed by atoms with van der Waals surface area (Å²) in [6.45, 7) is 5.29. The van der Waals surface area contributed by atoms with E-state index < -0.39 is 22.9 Å². The van der Waals surface area contributed by atoms with E-state index in [4.69, 9.17) is 14.2 Å². The number of benzene rings is 1. The summed E-state index contributed by atoms with van der Waals surface area (Å²) in [7, 11) is 2.80. The van der Waals surface area contributed by atoms with Gasteiger partial charge in [0.2, 0.25) is 0 Å². The van der Waals surface area contributed by atoms with Gasteiger partial charge in [0.1, 0.15) is 11.9 Å². The number of methoxy groups -OCH3 is 2. The van der Waals surface area contributed by atoms with E-state index in [1.165, 1.54) is 7.11 Å². The van der Waals surface area contributed by atoms with Crippen molar-refractivity contribution >= 4 is 17.7 Å². The van der Waals surface area contributed by atoms with E-state index in [2.05, 4.69) is 0 Å². The van der Waals surface area contributed by atoms with Crippen molar-refractivity contribution in [2.45, 2.75) is 51.6 Å². The van der Waals surface area contributed by atoms with Crippen molar-refractivity contribution in [2.24, 2.45) is 5.41 Å².